The summed E-state index contributed by atoms with van der Waals surface area (Å²) in [6.45, 7) is 25.0. The van der Waals surface area contributed by atoms with Gasteiger partial charge in [0.15, 0.2) is 22.4 Å². The van der Waals surface area contributed by atoms with Gasteiger partial charge in [0.25, 0.3) is 0 Å². The van der Waals surface area contributed by atoms with E-state index in [1.54, 1.807) is 27.7 Å². The Bertz CT molecular complexity index is 811. The Labute approximate surface area is 207 Å². The molecule has 0 saturated carbocycles. The van der Waals surface area contributed by atoms with Gasteiger partial charge in [-0.25, -0.2) is 4.79 Å². The highest BCUT2D eigenvalue weighted by molar-refractivity contribution is 6.74. The molecule has 1 saturated heterocycles. The molecule has 2 amide bonds. The van der Waals surface area contributed by atoms with Gasteiger partial charge < -0.3 is 13.6 Å². The van der Waals surface area contributed by atoms with Gasteiger partial charge in [-0.2, -0.15) is 0 Å². The van der Waals surface area contributed by atoms with Crippen LogP contribution in [0.4, 0.5) is 0 Å². The van der Waals surface area contributed by atoms with Crippen LogP contribution < -0.4 is 0 Å². The topological polar surface area (TPSA) is 99.2 Å². The molecule has 0 bridgehead atoms. The highest BCUT2D eigenvalue weighted by Crippen LogP contribution is 2.43. The van der Waals surface area contributed by atoms with E-state index in [0.717, 1.165) is 4.90 Å². The largest absolute Gasteiger partial charge is 0.459 e. The zero-order valence-corrected chi connectivity index (χ0v) is 25.3. The zero-order valence-electron chi connectivity index (χ0n) is 23.3. The second kappa shape index (κ2) is 10.3. The Kier molecular flexibility index (Phi) is 9.31. The lowest BCUT2D eigenvalue weighted by molar-refractivity contribution is -0.184. The van der Waals surface area contributed by atoms with E-state index in [2.05, 4.69) is 33.9 Å². The highest BCUT2D eigenvalue weighted by Gasteiger charge is 2.60. The average Bonchev–Trinajstić information content (AvgIpc) is 2.61. The summed E-state index contributed by atoms with van der Waals surface area (Å²) in [6, 6.07) is -0.818. The van der Waals surface area contributed by atoms with Crippen molar-refractivity contribution in [1.82, 2.24) is 4.90 Å². The third-order valence-electron chi connectivity index (χ3n) is 6.73. The molecule has 0 unspecified atom stereocenters. The summed E-state index contributed by atoms with van der Waals surface area (Å²) < 4.78 is 17.4. The molecule has 8 nitrogen and oxygen atoms in total. The van der Waals surface area contributed by atoms with E-state index in [1.165, 1.54) is 0 Å². The fraction of sp³-hybridized carbons (Fsp3) is 0.833. The normalized spacial score (nSPS) is 21.6. The number of likely N-dealkylation sites (tertiary alicyclic amines) is 1. The number of carbonyl (C=O) groups is 4. The first-order chi connectivity index (χ1) is 15.1. The van der Waals surface area contributed by atoms with Crippen LogP contribution in [0.15, 0.2) is 0 Å². The van der Waals surface area contributed by atoms with Gasteiger partial charge in [-0.05, 0) is 65.5 Å². The number of imide groups is 1. The maximum atomic E-state index is 13.6. The van der Waals surface area contributed by atoms with Crippen LogP contribution in [0.5, 0.6) is 0 Å². The average molecular weight is 516 g/mol. The summed E-state index contributed by atoms with van der Waals surface area (Å²) in [5, 5.41) is -0.0847. The number of hydrogen-bond donors (Lipinski definition) is 0. The predicted molar refractivity (Wildman–Crippen MR) is 136 cm³/mol. The van der Waals surface area contributed by atoms with Crippen molar-refractivity contribution >= 4 is 40.2 Å². The second-order valence-corrected chi connectivity index (χ2v) is 21.4. The van der Waals surface area contributed by atoms with Gasteiger partial charge >= 0.3 is 11.9 Å². The number of β-lactam (4-membered cyclic amide) rings is 1. The third-order valence-corrected chi connectivity index (χ3v) is 12.4. The monoisotopic (exact) mass is 515 g/mol. The minimum absolute atomic E-state index is 0.0111. The molecule has 34 heavy (non-hydrogen) atoms. The smallest absolute Gasteiger partial charge is 0.397 e. The Balaban J connectivity index is 3.36. The van der Waals surface area contributed by atoms with Crippen LogP contribution in [0.2, 0.25) is 37.8 Å². The van der Waals surface area contributed by atoms with Crippen LogP contribution in [-0.4, -0.2) is 69.5 Å². The molecule has 1 rings (SSSR count). The number of Topliss-reactive ketones (excluding diaryl/α,β-unsaturated/α-hetero) is 1. The summed E-state index contributed by atoms with van der Waals surface area (Å²) in [5.41, 5.74) is -1.10. The summed E-state index contributed by atoms with van der Waals surface area (Å²) in [5.74, 6) is -4.37. The molecular weight excluding hydrogens is 470 g/mol. The first-order valence-electron chi connectivity index (χ1n) is 12.1. The van der Waals surface area contributed by atoms with Crippen molar-refractivity contribution in [3.8, 4) is 0 Å². The quantitative estimate of drug-likeness (QED) is 0.197. The Hall–Kier alpha value is -1.37. The molecule has 4 atom stereocenters. The summed E-state index contributed by atoms with van der Waals surface area (Å²) >= 11 is 0. The molecule has 0 aromatic heterocycles. The van der Waals surface area contributed by atoms with Gasteiger partial charge in [-0.1, -0.05) is 27.7 Å². The van der Waals surface area contributed by atoms with Gasteiger partial charge in [-0.3, -0.25) is 19.3 Å². The maximum Gasteiger partial charge on any atom is 0.397 e. The van der Waals surface area contributed by atoms with Gasteiger partial charge in [0.1, 0.15) is 5.60 Å². The molecule has 0 aliphatic carbocycles. The van der Waals surface area contributed by atoms with E-state index in [9.17, 15) is 19.2 Å². The number of ketones is 1. The number of ether oxygens (including phenoxy) is 1. The molecule has 0 aromatic rings. The van der Waals surface area contributed by atoms with Crippen LogP contribution in [0.3, 0.4) is 0 Å². The van der Waals surface area contributed by atoms with Crippen molar-refractivity contribution in [2.45, 2.75) is 111 Å². The van der Waals surface area contributed by atoms with Gasteiger partial charge in [0.2, 0.25) is 5.91 Å². The molecular formula is C24H45NO7Si2. The fourth-order valence-corrected chi connectivity index (χ4v) is 7.37. The summed E-state index contributed by atoms with van der Waals surface area (Å²) in [4.78, 5) is 52.7. The summed E-state index contributed by atoms with van der Waals surface area (Å²) in [6.07, 6.45) is -0.527. The lowest BCUT2D eigenvalue weighted by atomic mass is 9.73. The number of amides is 2. The molecule has 196 valence electrons. The third kappa shape index (κ3) is 6.64. The zero-order chi connectivity index (χ0) is 27.0. The van der Waals surface area contributed by atoms with Crippen LogP contribution in [-0.2, 0) is 32.8 Å². The number of nitrogens with zero attached hydrogens (tertiary/aromatic N) is 1. The Morgan fingerprint density at radius 2 is 1.50 bits per heavy atom. The van der Waals surface area contributed by atoms with E-state index in [1.807, 2.05) is 26.6 Å². The highest BCUT2D eigenvalue weighted by atomic mass is 28.4. The second-order valence-electron chi connectivity index (χ2n) is 12.2. The molecule has 0 spiro atoms. The predicted octanol–water partition coefficient (Wildman–Crippen LogP) is 4.15. The molecule has 1 aliphatic heterocycles. The van der Waals surface area contributed by atoms with Crippen molar-refractivity contribution in [3.63, 3.8) is 0 Å². The minimum atomic E-state index is -2.24. The number of rotatable bonds is 9. The lowest BCUT2D eigenvalue weighted by Gasteiger charge is -2.52. The van der Waals surface area contributed by atoms with E-state index >= 15 is 0 Å². The molecule has 1 fully saturated rings. The van der Waals surface area contributed by atoms with Gasteiger partial charge in [-0.15, -0.1) is 0 Å². The first-order valence-corrected chi connectivity index (χ1v) is 18.4. The number of esters is 1. The molecule has 0 N–H and O–H groups in total. The van der Waals surface area contributed by atoms with Crippen LogP contribution in [0, 0.1) is 11.8 Å². The van der Waals surface area contributed by atoms with Crippen molar-refractivity contribution in [2.75, 3.05) is 6.61 Å². The van der Waals surface area contributed by atoms with Crippen LogP contribution >= 0.6 is 0 Å². The van der Waals surface area contributed by atoms with E-state index in [-0.39, 0.29) is 17.4 Å². The molecule has 0 aromatic carbocycles. The molecule has 0 radical (unpaired) electrons. The first kappa shape index (κ1) is 30.7. The Morgan fingerprint density at radius 1 is 1.00 bits per heavy atom. The van der Waals surface area contributed by atoms with Gasteiger partial charge in [0.05, 0.1) is 24.7 Å². The minimum Gasteiger partial charge on any atom is -0.459 e. The van der Waals surface area contributed by atoms with Crippen LogP contribution in [0.1, 0.15) is 55.4 Å². The number of hydrogen-bond acceptors (Lipinski definition) is 7. The maximum absolute atomic E-state index is 13.6. The SMILES string of the molecule is CCOC(=O)C(=O)N1C(=O)[C@H]([C@@H](C)O[Si](C)(C)C(C)(C)C)[C@H]1[C@@H](C)C(=O)C(C)(C)O[Si](C)(C)C. The van der Waals surface area contributed by atoms with Gasteiger partial charge in [0, 0.05) is 5.92 Å². The molecule has 10 heteroatoms. The van der Waals surface area contributed by atoms with E-state index in [4.69, 9.17) is 13.6 Å². The van der Waals surface area contributed by atoms with Crippen molar-refractivity contribution in [3.05, 3.63) is 0 Å². The summed E-state index contributed by atoms with van der Waals surface area (Å²) in [7, 11) is -4.30. The molecule has 1 heterocycles. The van der Waals surface area contributed by atoms with Crippen molar-refractivity contribution in [1.29, 1.82) is 0 Å². The van der Waals surface area contributed by atoms with E-state index < -0.39 is 64.0 Å². The van der Waals surface area contributed by atoms with Crippen molar-refractivity contribution < 1.29 is 32.8 Å². The Morgan fingerprint density at radius 3 is 1.91 bits per heavy atom. The van der Waals surface area contributed by atoms with Crippen LogP contribution in [0.25, 0.3) is 0 Å². The molecule has 1 aliphatic rings. The van der Waals surface area contributed by atoms with Crippen molar-refractivity contribution in [2.24, 2.45) is 11.8 Å². The number of carbonyl (C=O) groups excluding carboxylic acids is 4. The fourth-order valence-electron chi connectivity index (χ4n) is 4.31. The van der Waals surface area contributed by atoms with E-state index in [0.29, 0.717) is 0 Å². The lowest BCUT2D eigenvalue weighted by Crippen LogP contribution is -2.71. The standard InChI is InChI=1S/C24H45NO7Si2/c1-14-30-22(29)21(28)25-18(15(2)19(26)24(7,8)32-33(9,10)11)17(20(25)27)16(3)31-34(12,13)23(4,5)6/h15-18H,14H2,1-13H3/t15-,16-,17-,18-/m1/s1.